The molecule has 0 aliphatic heterocycles. The van der Waals surface area contributed by atoms with Crippen LogP contribution >= 0.6 is 7.92 Å². The molecule has 1 fully saturated rings. The van der Waals surface area contributed by atoms with E-state index in [1.807, 2.05) is 0 Å². The van der Waals surface area contributed by atoms with Crippen LogP contribution in [0, 0.1) is 6.92 Å². The molecule has 1 aliphatic carbocycles. The Bertz CT molecular complexity index is 605. The number of benzene rings is 2. The zero-order chi connectivity index (χ0) is 16.8. The Morgan fingerprint density at radius 3 is 2.00 bits per heavy atom. The van der Waals surface area contributed by atoms with Crippen LogP contribution in [0.5, 0.6) is 0 Å². The maximum Gasteiger partial charge on any atom is -0.0129 e. The summed E-state index contributed by atoms with van der Waals surface area (Å²) in [7, 11) is -0.207. The number of rotatable bonds is 6. The summed E-state index contributed by atoms with van der Waals surface area (Å²) in [4.78, 5) is 0. The normalized spacial score (nSPS) is 16.9. The maximum atomic E-state index is 2.44. The van der Waals surface area contributed by atoms with Gasteiger partial charge in [0, 0.05) is 0 Å². The number of hydrogen-bond acceptors (Lipinski definition) is 0. The summed E-state index contributed by atoms with van der Waals surface area (Å²) >= 11 is 0. The van der Waals surface area contributed by atoms with Crippen LogP contribution in [0.25, 0.3) is 0 Å². The van der Waals surface area contributed by atoms with Crippen LogP contribution in [0.3, 0.4) is 0 Å². The van der Waals surface area contributed by atoms with Crippen LogP contribution in [0.4, 0.5) is 0 Å². The van der Waals surface area contributed by atoms with Crippen molar-refractivity contribution in [3.63, 3.8) is 0 Å². The summed E-state index contributed by atoms with van der Waals surface area (Å²) in [6.07, 6.45) is 10.9. The Kier molecular flexibility index (Phi) is 6.50. The second kappa shape index (κ2) is 8.82. The minimum atomic E-state index is -0.207. The van der Waals surface area contributed by atoms with Gasteiger partial charge in [-0.3, -0.25) is 0 Å². The summed E-state index contributed by atoms with van der Waals surface area (Å²) in [6, 6.07) is 19.0. The lowest BCUT2D eigenvalue weighted by molar-refractivity contribution is 0.513. The third-order valence-electron chi connectivity index (χ3n) is 5.29. The SMILES string of the molecule is CCCCc1ccc(P(c2ccc(C)cc2)C2CCCCC2)cc1. The minimum absolute atomic E-state index is 0.207. The Hall–Kier alpha value is -1.13. The highest BCUT2D eigenvalue weighted by atomic mass is 31.1. The van der Waals surface area contributed by atoms with Crippen LogP contribution in [0.1, 0.15) is 63.0 Å². The van der Waals surface area contributed by atoms with Crippen molar-refractivity contribution in [2.75, 3.05) is 0 Å². The molecule has 2 aromatic rings. The van der Waals surface area contributed by atoms with Crippen LogP contribution in [0.2, 0.25) is 0 Å². The largest absolute Gasteiger partial charge is 0.0654 e. The fourth-order valence-corrected chi connectivity index (χ4v) is 6.78. The molecule has 1 heteroatoms. The molecule has 0 heterocycles. The quantitative estimate of drug-likeness (QED) is 0.558. The molecule has 0 N–H and O–H groups in total. The molecule has 0 aromatic heterocycles. The third-order valence-corrected chi connectivity index (χ3v) is 8.24. The number of aryl methyl sites for hydroxylation is 2. The molecule has 1 aliphatic rings. The van der Waals surface area contributed by atoms with E-state index in [2.05, 4.69) is 62.4 Å². The molecule has 128 valence electrons. The van der Waals surface area contributed by atoms with Gasteiger partial charge in [0.1, 0.15) is 0 Å². The molecule has 0 amide bonds. The predicted molar refractivity (Wildman–Crippen MR) is 109 cm³/mol. The van der Waals surface area contributed by atoms with E-state index in [0.717, 1.165) is 5.66 Å². The lowest BCUT2D eigenvalue weighted by Crippen LogP contribution is -2.23. The summed E-state index contributed by atoms with van der Waals surface area (Å²) in [5.74, 6) is 0. The molecule has 1 atom stereocenters. The van der Waals surface area contributed by atoms with Crippen molar-refractivity contribution < 1.29 is 0 Å². The predicted octanol–water partition coefficient (Wildman–Crippen LogP) is 6.10. The first-order valence-corrected chi connectivity index (χ1v) is 11.1. The summed E-state index contributed by atoms with van der Waals surface area (Å²) < 4.78 is 0. The number of unbranched alkanes of at least 4 members (excludes halogenated alkanes) is 1. The fourth-order valence-electron chi connectivity index (χ4n) is 3.82. The molecule has 0 spiro atoms. The van der Waals surface area contributed by atoms with Crippen LogP contribution in [-0.4, -0.2) is 5.66 Å². The Morgan fingerprint density at radius 2 is 1.42 bits per heavy atom. The van der Waals surface area contributed by atoms with E-state index >= 15 is 0 Å². The first-order chi connectivity index (χ1) is 11.8. The van der Waals surface area contributed by atoms with Gasteiger partial charge in [-0.2, -0.15) is 0 Å². The van der Waals surface area contributed by atoms with Crippen molar-refractivity contribution in [3.8, 4) is 0 Å². The van der Waals surface area contributed by atoms with Gasteiger partial charge in [0.05, 0.1) is 0 Å². The summed E-state index contributed by atoms with van der Waals surface area (Å²) in [5.41, 5.74) is 3.74. The van der Waals surface area contributed by atoms with Crippen molar-refractivity contribution in [3.05, 3.63) is 59.7 Å². The molecular formula is C23H31P. The zero-order valence-corrected chi connectivity index (χ0v) is 16.2. The second-order valence-corrected chi connectivity index (χ2v) is 9.77. The Labute approximate surface area is 149 Å². The standard InChI is InChI=1S/C23H31P/c1-3-4-8-20-13-17-23(18-14-20)24(21-9-6-5-7-10-21)22-15-11-19(2)12-16-22/h11-18,21H,3-10H2,1-2H3. The highest BCUT2D eigenvalue weighted by Crippen LogP contribution is 2.46. The van der Waals surface area contributed by atoms with Crippen molar-refractivity contribution >= 4 is 18.5 Å². The molecule has 1 saturated carbocycles. The highest BCUT2D eigenvalue weighted by molar-refractivity contribution is 7.73. The molecule has 3 rings (SSSR count). The average molecular weight is 338 g/mol. The summed E-state index contributed by atoms with van der Waals surface area (Å²) in [5, 5.41) is 3.16. The van der Waals surface area contributed by atoms with Crippen molar-refractivity contribution in [2.45, 2.75) is 70.9 Å². The van der Waals surface area contributed by atoms with Gasteiger partial charge in [-0.1, -0.05) is 86.7 Å². The molecular weight excluding hydrogens is 307 g/mol. The molecule has 0 nitrogen and oxygen atoms in total. The second-order valence-electron chi connectivity index (χ2n) is 7.27. The Morgan fingerprint density at radius 1 is 0.833 bits per heavy atom. The molecule has 0 bridgehead atoms. The fraction of sp³-hybridized carbons (Fsp3) is 0.478. The van der Waals surface area contributed by atoms with E-state index in [0.29, 0.717) is 0 Å². The van der Waals surface area contributed by atoms with Crippen LogP contribution in [0.15, 0.2) is 48.5 Å². The number of hydrogen-bond donors (Lipinski definition) is 0. The monoisotopic (exact) mass is 338 g/mol. The lowest BCUT2D eigenvalue weighted by Gasteiger charge is -2.31. The van der Waals surface area contributed by atoms with Gasteiger partial charge in [0.25, 0.3) is 0 Å². The van der Waals surface area contributed by atoms with Gasteiger partial charge < -0.3 is 0 Å². The van der Waals surface area contributed by atoms with Crippen molar-refractivity contribution in [1.29, 1.82) is 0 Å². The first kappa shape index (κ1) is 17.7. The lowest BCUT2D eigenvalue weighted by atomic mass is 10.0. The van der Waals surface area contributed by atoms with Gasteiger partial charge in [0.2, 0.25) is 0 Å². The van der Waals surface area contributed by atoms with Gasteiger partial charge in [-0.05, 0) is 62.4 Å². The van der Waals surface area contributed by atoms with E-state index in [1.165, 1.54) is 62.5 Å². The Balaban J connectivity index is 1.87. The molecule has 1 unspecified atom stereocenters. The maximum absolute atomic E-state index is 2.44. The van der Waals surface area contributed by atoms with Crippen molar-refractivity contribution in [2.24, 2.45) is 0 Å². The van der Waals surface area contributed by atoms with Crippen LogP contribution < -0.4 is 10.6 Å². The van der Waals surface area contributed by atoms with Crippen molar-refractivity contribution in [1.82, 2.24) is 0 Å². The van der Waals surface area contributed by atoms with Gasteiger partial charge in [0.15, 0.2) is 0 Å². The smallest absolute Gasteiger partial charge is 0.0129 e. The minimum Gasteiger partial charge on any atom is -0.0654 e. The van der Waals surface area contributed by atoms with E-state index in [4.69, 9.17) is 0 Å². The van der Waals surface area contributed by atoms with E-state index in [-0.39, 0.29) is 7.92 Å². The third kappa shape index (κ3) is 4.48. The van der Waals surface area contributed by atoms with E-state index < -0.39 is 0 Å². The summed E-state index contributed by atoms with van der Waals surface area (Å²) in [6.45, 7) is 4.46. The van der Waals surface area contributed by atoms with Crippen LogP contribution in [-0.2, 0) is 6.42 Å². The average Bonchev–Trinajstić information content (AvgIpc) is 2.64. The van der Waals surface area contributed by atoms with E-state index in [1.54, 1.807) is 10.6 Å². The molecule has 2 aromatic carbocycles. The first-order valence-electron chi connectivity index (χ1n) is 9.73. The topological polar surface area (TPSA) is 0 Å². The van der Waals surface area contributed by atoms with Gasteiger partial charge in [-0.25, -0.2) is 0 Å². The molecule has 24 heavy (non-hydrogen) atoms. The van der Waals surface area contributed by atoms with E-state index in [9.17, 15) is 0 Å². The van der Waals surface area contributed by atoms with Gasteiger partial charge in [-0.15, -0.1) is 0 Å². The molecule has 0 saturated heterocycles. The van der Waals surface area contributed by atoms with Gasteiger partial charge >= 0.3 is 0 Å². The highest BCUT2D eigenvalue weighted by Gasteiger charge is 2.26. The molecule has 0 radical (unpaired) electrons. The zero-order valence-electron chi connectivity index (χ0n) is 15.3.